The van der Waals surface area contributed by atoms with Crippen molar-refractivity contribution in [2.45, 2.75) is 6.92 Å². The van der Waals surface area contributed by atoms with Crippen LogP contribution in [0, 0.1) is 6.92 Å². The molecule has 0 bridgehead atoms. The van der Waals surface area contributed by atoms with Gasteiger partial charge in [0, 0.05) is 44.6 Å². The van der Waals surface area contributed by atoms with Gasteiger partial charge in [-0.3, -0.25) is 4.79 Å². The fourth-order valence-corrected chi connectivity index (χ4v) is 3.95. The summed E-state index contributed by atoms with van der Waals surface area (Å²) in [5.74, 6) is 2.33. The van der Waals surface area contributed by atoms with E-state index in [0.29, 0.717) is 28.1 Å². The summed E-state index contributed by atoms with van der Waals surface area (Å²) >= 11 is 7.26. The summed E-state index contributed by atoms with van der Waals surface area (Å²) in [6.07, 6.45) is 3.58. The molecule has 1 aliphatic heterocycles. The van der Waals surface area contributed by atoms with Crippen LogP contribution in [0.2, 0.25) is 4.34 Å². The monoisotopic (exact) mass is 388 g/mol. The number of anilines is 1. The minimum absolute atomic E-state index is 0.0395. The van der Waals surface area contributed by atoms with E-state index in [2.05, 4.69) is 20.0 Å². The first-order valence-electron chi connectivity index (χ1n) is 8.25. The molecule has 7 nitrogen and oxygen atoms in total. The standard InChI is InChI=1S/C17H17ClN6OS/c1-12-20-15(11-16(21-12)24-6-2-5-19-24)22-7-9-23(10-8-22)17(25)13-3-4-14(18)26-13/h2-6,11H,7-10H2,1H3. The number of hydrogen-bond acceptors (Lipinski definition) is 6. The third-order valence-corrected chi connectivity index (χ3v) is 5.44. The second-order valence-electron chi connectivity index (χ2n) is 5.97. The Morgan fingerprint density at radius 3 is 2.58 bits per heavy atom. The van der Waals surface area contributed by atoms with E-state index in [-0.39, 0.29) is 5.91 Å². The Kier molecular flexibility index (Phi) is 4.60. The Hall–Kier alpha value is -2.45. The van der Waals surface area contributed by atoms with Gasteiger partial charge in [0.2, 0.25) is 0 Å². The van der Waals surface area contributed by atoms with E-state index >= 15 is 0 Å². The molecule has 0 N–H and O–H groups in total. The van der Waals surface area contributed by atoms with E-state index < -0.39 is 0 Å². The zero-order valence-corrected chi connectivity index (χ0v) is 15.7. The summed E-state index contributed by atoms with van der Waals surface area (Å²) in [5, 5.41) is 4.23. The number of amides is 1. The van der Waals surface area contributed by atoms with E-state index in [1.54, 1.807) is 23.0 Å². The highest BCUT2D eigenvalue weighted by atomic mass is 35.5. The van der Waals surface area contributed by atoms with Crippen molar-refractivity contribution in [2.75, 3.05) is 31.1 Å². The molecule has 0 atom stereocenters. The number of carbonyl (C=O) groups is 1. The van der Waals surface area contributed by atoms with Crippen molar-refractivity contribution >= 4 is 34.7 Å². The predicted molar refractivity (Wildman–Crippen MR) is 101 cm³/mol. The molecule has 0 saturated carbocycles. The van der Waals surface area contributed by atoms with Crippen molar-refractivity contribution in [3.63, 3.8) is 0 Å². The molecule has 1 fully saturated rings. The Bertz CT molecular complexity index is 917. The topological polar surface area (TPSA) is 67.2 Å². The van der Waals surface area contributed by atoms with Gasteiger partial charge in [-0.15, -0.1) is 11.3 Å². The maximum absolute atomic E-state index is 12.5. The van der Waals surface area contributed by atoms with Crippen LogP contribution in [0.4, 0.5) is 5.82 Å². The van der Waals surface area contributed by atoms with Crippen LogP contribution >= 0.6 is 22.9 Å². The van der Waals surface area contributed by atoms with Crippen molar-refractivity contribution in [1.82, 2.24) is 24.6 Å². The number of halogens is 1. The van der Waals surface area contributed by atoms with Gasteiger partial charge < -0.3 is 9.80 Å². The van der Waals surface area contributed by atoms with E-state index in [1.807, 2.05) is 30.2 Å². The molecular weight excluding hydrogens is 372 g/mol. The van der Waals surface area contributed by atoms with E-state index in [4.69, 9.17) is 11.6 Å². The molecule has 0 spiro atoms. The summed E-state index contributed by atoms with van der Waals surface area (Å²) < 4.78 is 2.35. The Morgan fingerprint density at radius 1 is 1.15 bits per heavy atom. The number of piperazine rings is 1. The molecule has 3 aromatic rings. The van der Waals surface area contributed by atoms with Crippen LogP contribution in [0.3, 0.4) is 0 Å². The van der Waals surface area contributed by atoms with Crippen LogP contribution in [-0.2, 0) is 0 Å². The minimum Gasteiger partial charge on any atom is -0.353 e. The minimum atomic E-state index is 0.0395. The lowest BCUT2D eigenvalue weighted by atomic mass is 10.3. The molecule has 0 aliphatic carbocycles. The quantitative estimate of drug-likeness (QED) is 0.690. The van der Waals surface area contributed by atoms with Crippen LogP contribution in [-0.4, -0.2) is 56.7 Å². The number of hydrogen-bond donors (Lipinski definition) is 0. The summed E-state index contributed by atoms with van der Waals surface area (Å²) in [5.41, 5.74) is 0. The van der Waals surface area contributed by atoms with Crippen LogP contribution < -0.4 is 4.90 Å². The molecule has 26 heavy (non-hydrogen) atoms. The van der Waals surface area contributed by atoms with Gasteiger partial charge in [0.25, 0.3) is 5.91 Å². The lowest BCUT2D eigenvalue weighted by Crippen LogP contribution is -2.49. The Balaban J connectivity index is 1.47. The van der Waals surface area contributed by atoms with Crippen molar-refractivity contribution in [3.8, 4) is 5.82 Å². The van der Waals surface area contributed by atoms with E-state index in [9.17, 15) is 4.79 Å². The SMILES string of the molecule is Cc1nc(N2CCN(C(=O)c3ccc(Cl)s3)CC2)cc(-n2cccn2)n1. The number of thiophene rings is 1. The number of aryl methyl sites for hydroxylation is 1. The smallest absolute Gasteiger partial charge is 0.264 e. The van der Waals surface area contributed by atoms with E-state index in [1.165, 1.54) is 11.3 Å². The van der Waals surface area contributed by atoms with Gasteiger partial charge in [-0.25, -0.2) is 14.6 Å². The van der Waals surface area contributed by atoms with Crippen molar-refractivity contribution < 1.29 is 4.79 Å². The summed E-state index contributed by atoms with van der Waals surface area (Å²) in [6.45, 7) is 4.61. The van der Waals surface area contributed by atoms with Gasteiger partial charge in [0.1, 0.15) is 11.6 Å². The van der Waals surface area contributed by atoms with Crippen LogP contribution in [0.15, 0.2) is 36.7 Å². The van der Waals surface area contributed by atoms with E-state index in [0.717, 1.165) is 24.7 Å². The van der Waals surface area contributed by atoms with Gasteiger partial charge in [-0.2, -0.15) is 5.10 Å². The zero-order chi connectivity index (χ0) is 18.1. The highest BCUT2D eigenvalue weighted by molar-refractivity contribution is 7.17. The maximum Gasteiger partial charge on any atom is 0.264 e. The number of aromatic nitrogens is 4. The van der Waals surface area contributed by atoms with Crippen LogP contribution in [0.5, 0.6) is 0 Å². The molecule has 1 saturated heterocycles. The molecule has 134 valence electrons. The fraction of sp³-hybridized carbons (Fsp3) is 0.294. The molecule has 4 rings (SSSR count). The molecule has 0 unspecified atom stereocenters. The van der Waals surface area contributed by atoms with Crippen LogP contribution in [0.1, 0.15) is 15.5 Å². The third-order valence-electron chi connectivity index (χ3n) is 4.22. The predicted octanol–water partition coefficient (Wildman–Crippen LogP) is 2.65. The Labute approximate surface area is 159 Å². The van der Waals surface area contributed by atoms with Crippen molar-refractivity contribution in [2.24, 2.45) is 0 Å². The molecular formula is C17H17ClN6OS. The van der Waals surface area contributed by atoms with Gasteiger partial charge in [0.15, 0.2) is 5.82 Å². The third kappa shape index (κ3) is 3.42. The first kappa shape index (κ1) is 17.0. The maximum atomic E-state index is 12.5. The first-order valence-corrected chi connectivity index (χ1v) is 9.45. The highest BCUT2D eigenvalue weighted by Crippen LogP contribution is 2.24. The highest BCUT2D eigenvalue weighted by Gasteiger charge is 2.24. The molecule has 1 aliphatic rings. The zero-order valence-electron chi connectivity index (χ0n) is 14.2. The fourth-order valence-electron chi connectivity index (χ4n) is 2.94. The first-order chi connectivity index (χ1) is 12.6. The summed E-state index contributed by atoms with van der Waals surface area (Å²) in [6, 6.07) is 7.33. The average molecular weight is 389 g/mol. The van der Waals surface area contributed by atoms with Gasteiger partial charge in [-0.1, -0.05) is 11.6 Å². The molecule has 9 heteroatoms. The second-order valence-corrected chi connectivity index (χ2v) is 7.68. The number of carbonyl (C=O) groups excluding carboxylic acids is 1. The largest absolute Gasteiger partial charge is 0.353 e. The molecule has 0 radical (unpaired) electrons. The van der Waals surface area contributed by atoms with Crippen LogP contribution in [0.25, 0.3) is 5.82 Å². The summed E-state index contributed by atoms with van der Waals surface area (Å²) in [7, 11) is 0. The second kappa shape index (κ2) is 7.05. The average Bonchev–Trinajstić information content (AvgIpc) is 3.32. The number of rotatable bonds is 3. The Morgan fingerprint density at radius 2 is 1.92 bits per heavy atom. The van der Waals surface area contributed by atoms with Gasteiger partial charge in [0.05, 0.1) is 9.21 Å². The molecule has 3 aromatic heterocycles. The molecule has 1 amide bonds. The van der Waals surface area contributed by atoms with Crippen molar-refractivity contribution in [3.05, 3.63) is 51.7 Å². The van der Waals surface area contributed by atoms with Gasteiger partial charge >= 0.3 is 0 Å². The van der Waals surface area contributed by atoms with Crippen molar-refractivity contribution in [1.29, 1.82) is 0 Å². The summed E-state index contributed by atoms with van der Waals surface area (Å²) in [4.78, 5) is 26.3. The lowest BCUT2D eigenvalue weighted by molar-refractivity contribution is 0.0751. The molecule has 0 aromatic carbocycles. The molecule has 4 heterocycles. The lowest BCUT2D eigenvalue weighted by Gasteiger charge is -2.35. The number of nitrogens with zero attached hydrogens (tertiary/aromatic N) is 6. The normalized spacial score (nSPS) is 14.7. The van der Waals surface area contributed by atoms with Gasteiger partial charge in [-0.05, 0) is 25.1 Å².